The standard InChI is InChI=1S/C25H24ClN3O4S/c1-18-24(19-8-10-20(26)11-9-19)25(30)29(28(18)2)21-12-14-23(15-13-21)34(31,32)27-16-17-33-22-6-4-3-5-7-22/h3-15,27H,16-17H2,1-2H3. The highest BCUT2D eigenvalue weighted by Gasteiger charge is 2.19. The molecule has 0 bridgehead atoms. The number of nitrogens with zero attached hydrogens (tertiary/aromatic N) is 2. The topological polar surface area (TPSA) is 82.3 Å². The molecule has 176 valence electrons. The van der Waals surface area contributed by atoms with E-state index in [1.54, 1.807) is 60.3 Å². The maximum Gasteiger partial charge on any atom is 0.279 e. The summed E-state index contributed by atoms with van der Waals surface area (Å²) in [5, 5.41) is 0.592. The second-order valence-electron chi connectivity index (χ2n) is 7.66. The fraction of sp³-hybridized carbons (Fsp3) is 0.160. The van der Waals surface area contributed by atoms with Gasteiger partial charge >= 0.3 is 0 Å². The molecule has 0 unspecified atom stereocenters. The fourth-order valence-electron chi connectivity index (χ4n) is 3.66. The Labute approximate surface area is 203 Å². The molecule has 0 radical (unpaired) electrons. The van der Waals surface area contributed by atoms with Gasteiger partial charge in [0.1, 0.15) is 12.4 Å². The first-order chi connectivity index (χ1) is 16.3. The molecule has 4 aromatic rings. The van der Waals surface area contributed by atoms with Crippen LogP contribution in [0.2, 0.25) is 5.02 Å². The molecule has 34 heavy (non-hydrogen) atoms. The van der Waals surface area contributed by atoms with E-state index in [0.29, 0.717) is 22.0 Å². The van der Waals surface area contributed by atoms with E-state index in [4.69, 9.17) is 16.3 Å². The second kappa shape index (κ2) is 9.89. The highest BCUT2D eigenvalue weighted by atomic mass is 35.5. The van der Waals surface area contributed by atoms with Gasteiger partial charge in [0.15, 0.2) is 0 Å². The van der Waals surface area contributed by atoms with Gasteiger partial charge in [0, 0.05) is 24.3 Å². The number of nitrogens with one attached hydrogen (secondary N) is 1. The van der Waals surface area contributed by atoms with Gasteiger partial charge < -0.3 is 4.74 Å². The van der Waals surface area contributed by atoms with Crippen molar-refractivity contribution in [1.29, 1.82) is 0 Å². The third kappa shape index (κ3) is 4.94. The Balaban J connectivity index is 1.51. The number of benzene rings is 3. The van der Waals surface area contributed by atoms with Crippen LogP contribution in [0.15, 0.2) is 88.6 Å². The zero-order valence-corrected chi connectivity index (χ0v) is 20.3. The summed E-state index contributed by atoms with van der Waals surface area (Å²) in [7, 11) is -1.93. The quantitative estimate of drug-likeness (QED) is 0.370. The van der Waals surface area contributed by atoms with Gasteiger partial charge in [-0.05, 0) is 61.0 Å². The van der Waals surface area contributed by atoms with E-state index in [9.17, 15) is 13.2 Å². The summed E-state index contributed by atoms with van der Waals surface area (Å²) >= 11 is 5.98. The van der Waals surface area contributed by atoms with Crippen LogP contribution in [0.4, 0.5) is 0 Å². The number of hydrogen-bond donors (Lipinski definition) is 1. The molecule has 0 aliphatic heterocycles. The zero-order chi connectivity index (χ0) is 24.3. The maximum absolute atomic E-state index is 13.2. The van der Waals surface area contributed by atoms with E-state index in [1.807, 2.05) is 25.1 Å². The molecule has 0 spiro atoms. The Morgan fingerprint density at radius 2 is 1.59 bits per heavy atom. The molecular formula is C25H24ClN3O4S. The van der Waals surface area contributed by atoms with Gasteiger partial charge in [0.2, 0.25) is 10.0 Å². The first-order valence-electron chi connectivity index (χ1n) is 10.6. The van der Waals surface area contributed by atoms with Gasteiger partial charge in [-0.15, -0.1) is 0 Å². The maximum atomic E-state index is 13.2. The Kier molecular flexibility index (Phi) is 6.92. The highest BCUT2D eigenvalue weighted by Crippen LogP contribution is 2.23. The summed E-state index contributed by atoms with van der Waals surface area (Å²) < 4.78 is 36.6. The minimum absolute atomic E-state index is 0.105. The number of halogens is 1. The van der Waals surface area contributed by atoms with Gasteiger partial charge in [0.05, 0.1) is 16.1 Å². The lowest BCUT2D eigenvalue weighted by Crippen LogP contribution is -2.28. The Morgan fingerprint density at radius 3 is 2.24 bits per heavy atom. The van der Waals surface area contributed by atoms with Gasteiger partial charge in [-0.2, -0.15) is 0 Å². The van der Waals surface area contributed by atoms with Gasteiger partial charge in [-0.25, -0.2) is 17.8 Å². The van der Waals surface area contributed by atoms with Crippen molar-refractivity contribution in [2.75, 3.05) is 13.2 Å². The molecule has 0 atom stereocenters. The molecule has 1 aromatic heterocycles. The molecule has 0 aliphatic carbocycles. The minimum Gasteiger partial charge on any atom is -0.492 e. The van der Waals surface area contributed by atoms with Crippen molar-refractivity contribution in [2.24, 2.45) is 7.05 Å². The molecule has 3 aromatic carbocycles. The summed E-state index contributed by atoms with van der Waals surface area (Å²) in [4.78, 5) is 13.3. The summed E-state index contributed by atoms with van der Waals surface area (Å²) in [6.07, 6.45) is 0. The van der Waals surface area contributed by atoms with Crippen molar-refractivity contribution >= 4 is 21.6 Å². The molecule has 0 aliphatic rings. The molecule has 1 N–H and O–H groups in total. The van der Waals surface area contributed by atoms with Crippen LogP contribution < -0.4 is 15.0 Å². The lowest BCUT2D eigenvalue weighted by molar-refractivity contribution is 0.323. The molecular weight excluding hydrogens is 474 g/mol. The second-order valence-corrected chi connectivity index (χ2v) is 9.86. The lowest BCUT2D eigenvalue weighted by atomic mass is 10.1. The molecule has 0 saturated carbocycles. The van der Waals surface area contributed by atoms with Gasteiger partial charge in [0.25, 0.3) is 5.56 Å². The Morgan fingerprint density at radius 1 is 0.941 bits per heavy atom. The van der Waals surface area contributed by atoms with Gasteiger partial charge in [-0.3, -0.25) is 9.48 Å². The Hall–Kier alpha value is -3.33. The van der Waals surface area contributed by atoms with Crippen LogP contribution in [0.3, 0.4) is 0 Å². The van der Waals surface area contributed by atoms with E-state index >= 15 is 0 Å². The summed E-state index contributed by atoms with van der Waals surface area (Å²) in [6.45, 7) is 2.19. The van der Waals surface area contributed by atoms with Crippen molar-refractivity contribution in [3.63, 3.8) is 0 Å². The molecule has 1 heterocycles. The monoisotopic (exact) mass is 497 g/mol. The smallest absolute Gasteiger partial charge is 0.279 e. The van der Waals surface area contributed by atoms with Crippen LogP contribution in [0.5, 0.6) is 5.75 Å². The van der Waals surface area contributed by atoms with Crippen LogP contribution in [-0.4, -0.2) is 30.9 Å². The van der Waals surface area contributed by atoms with Crippen molar-refractivity contribution in [3.8, 4) is 22.6 Å². The number of para-hydroxylation sites is 1. The van der Waals surface area contributed by atoms with E-state index in [0.717, 1.165) is 11.3 Å². The lowest BCUT2D eigenvalue weighted by Gasteiger charge is -2.11. The van der Waals surface area contributed by atoms with Crippen LogP contribution in [0, 0.1) is 6.92 Å². The van der Waals surface area contributed by atoms with E-state index in [-0.39, 0.29) is 23.6 Å². The first-order valence-corrected chi connectivity index (χ1v) is 12.5. The van der Waals surface area contributed by atoms with Gasteiger partial charge in [-0.1, -0.05) is 41.9 Å². The summed E-state index contributed by atoms with van der Waals surface area (Å²) in [6, 6.07) is 22.5. The van der Waals surface area contributed by atoms with Crippen LogP contribution in [-0.2, 0) is 17.1 Å². The minimum atomic E-state index is -3.72. The predicted molar refractivity (Wildman–Crippen MR) is 133 cm³/mol. The number of rotatable bonds is 8. The van der Waals surface area contributed by atoms with Crippen molar-refractivity contribution in [1.82, 2.24) is 14.1 Å². The highest BCUT2D eigenvalue weighted by molar-refractivity contribution is 7.89. The van der Waals surface area contributed by atoms with Crippen LogP contribution in [0.1, 0.15) is 5.69 Å². The average Bonchev–Trinajstić information content (AvgIpc) is 3.06. The number of ether oxygens (including phenoxy) is 1. The Bertz CT molecular complexity index is 1440. The molecule has 0 fully saturated rings. The van der Waals surface area contributed by atoms with Crippen LogP contribution >= 0.6 is 11.6 Å². The number of sulfonamides is 1. The predicted octanol–water partition coefficient (Wildman–Crippen LogP) is 4.16. The molecule has 9 heteroatoms. The van der Waals surface area contributed by atoms with E-state index < -0.39 is 10.0 Å². The number of aromatic nitrogens is 2. The third-order valence-corrected chi connectivity index (χ3v) is 7.21. The third-order valence-electron chi connectivity index (χ3n) is 5.48. The van der Waals surface area contributed by atoms with Crippen LogP contribution in [0.25, 0.3) is 16.8 Å². The summed E-state index contributed by atoms with van der Waals surface area (Å²) in [5.41, 5.74) is 2.47. The normalized spacial score (nSPS) is 11.5. The zero-order valence-electron chi connectivity index (χ0n) is 18.7. The molecule has 0 saturated heterocycles. The molecule has 7 nitrogen and oxygen atoms in total. The largest absolute Gasteiger partial charge is 0.492 e. The van der Waals surface area contributed by atoms with Crippen molar-refractivity contribution < 1.29 is 13.2 Å². The van der Waals surface area contributed by atoms with Crippen molar-refractivity contribution in [2.45, 2.75) is 11.8 Å². The average molecular weight is 498 g/mol. The SMILES string of the molecule is Cc1c(-c2ccc(Cl)cc2)c(=O)n(-c2ccc(S(=O)(=O)NCCOc3ccccc3)cc2)n1C. The first kappa shape index (κ1) is 23.8. The number of hydrogen-bond acceptors (Lipinski definition) is 4. The van der Waals surface area contributed by atoms with E-state index in [1.165, 1.54) is 16.8 Å². The fourth-order valence-corrected chi connectivity index (χ4v) is 4.80. The molecule has 0 amide bonds. The molecule has 4 rings (SSSR count). The van der Waals surface area contributed by atoms with E-state index in [2.05, 4.69) is 4.72 Å². The summed E-state index contributed by atoms with van der Waals surface area (Å²) in [5.74, 6) is 0.673. The van der Waals surface area contributed by atoms with Crippen molar-refractivity contribution in [3.05, 3.63) is 99.9 Å².